The lowest BCUT2D eigenvalue weighted by molar-refractivity contribution is 0.0672. The van der Waals surface area contributed by atoms with Gasteiger partial charge in [0.2, 0.25) is 0 Å². The Morgan fingerprint density at radius 1 is 0.721 bits per heavy atom. The third-order valence-corrected chi connectivity index (χ3v) is 6.35. The number of nitrogens with zero attached hydrogens (tertiary/aromatic N) is 4. The highest BCUT2D eigenvalue weighted by Crippen LogP contribution is 2.20. The van der Waals surface area contributed by atoms with Crippen LogP contribution in [0.1, 0.15) is 27.8 Å². The van der Waals surface area contributed by atoms with E-state index >= 15 is 0 Å². The minimum Gasteiger partial charge on any atom is -0.489 e. The van der Waals surface area contributed by atoms with Crippen LogP contribution in [0.4, 0.5) is 0 Å². The van der Waals surface area contributed by atoms with Crippen LogP contribution in [0.15, 0.2) is 93.4 Å². The van der Waals surface area contributed by atoms with E-state index in [0.717, 1.165) is 33.6 Å². The number of oxime groups is 4. The third kappa shape index (κ3) is 8.62. The molecular weight excluding hydrogens is 576 g/mol. The average molecular weight is 609 g/mol. The Kier molecular flexibility index (Phi) is 12.0. The summed E-state index contributed by atoms with van der Waals surface area (Å²) in [5.74, 6) is 1.82. The first kappa shape index (κ1) is 31.2. The number of ether oxygens (including phenoxy) is 3. The lowest BCUT2D eigenvalue weighted by Gasteiger charge is -2.17. The van der Waals surface area contributed by atoms with Gasteiger partial charge in [-0.05, 0) is 40.0 Å². The molecule has 12 heteroatoms. The number of aryl methyl sites for hydroxylation is 1. The van der Waals surface area contributed by atoms with Crippen molar-refractivity contribution in [2.45, 2.75) is 19.4 Å². The molecule has 2 heterocycles. The van der Waals surface area contributed by atoms with Crippen molar-refractivity contribution in [3.63, 3.8) is 0 Å². The number of rotatable bonds is 10. The topological polar surface area (TPSA) is 114 Å². The summed E-state index contributed by atoms with van der Waals surface area (Å²) in [5.41, 5.74) is 5.55. The van der Waals surface area contributed by atoms with E-state index in [1.54, 1.807) is 0 Å². The van der Waals surface area contributed by atoms with Crippen molar-refractivity contribution >= 4 is 34.8 Å². The molecule has 0 bridgehead atoms. The van der Waals surface area contributed by atoms with Gasteiger partial charge in [0.05, 0.1) is 0 Å². The highest BCUT2D eigenvalue weighted by Gasteiger charge is 2.22. The molecule has 11 nitrogen and oxygen atoms in total. The van der Waals surface area contributed by atoms with Crippen LogP contribution in [0, 0.1) is 6.92 Å². The summed E-state index contributed by atoms with van der Waals surface area (Å²) in [5, 5.41) is 15.8. The van der Waals surface area contributed by atoms with Crippen LogP contribution in [-0.4, -0.2) is 63.9 Å². The molecule has 0 aliphatic carbocycles. The minimum atomic E-state index is 0.302. The fraction of sp³-hybridized carbons (Fsp3) is 0.290. The molecule has 0 saturated heterocycles. The Bertz CT molecular complexity index is 1480. The van der Waals surface area contributed by atoms with Gasteiger partial charge in [0.15, 0.2) is 24.6 Å². The molecule has 0 N–H and O–H groups in total. The normalized spacial score (nSPS) is 14.7. The van der Waals surface area contributed by atoms with Crippen molar-refractivity contribution in [2.75, 3.05) is 40.6 Å². The van der Waals surface area contributed by atoms with E-state index in [0.29, 0.717) is 62.1 Å². The first-order chi connectivity index (χ1) is 21.2. The van der Waals surface area contributed by atoms with Crippen molar-refractivity contribution in [3.8, 4) is 5.75 Å². The fourth-order valence-electron chi connectivity index (χ4n) is 4.04. The zero-order valence-corrected chi connectivity index (χ0v) is 25.0. The van der Waals surface area contributed by atoms with E-state index in [2.05, 4.69) is 20.6 Å². The predicted molar refractivity (Wildman–Crippen MR) is 164 cm³/mol. The summed E-state index contributed by atoms with van der Waals surface area (Å²) in [6.45, 7) is 4.11. The molecule has 2 aliphatic heterocycles. The smallest absolute Gasteiger partial charge is 0.280 e. The quantitative estimate of drug-likeness (QED) is 0.171. The summed E-state index contributed by atoms with van der Waals surface area (Å²) < 4.78 is 16.9. The standard InChI is InChI=1S/C19H20N2O4.C12H13ClN2O3/c1-14-7-3-6-10-17(14)24-13-15-8-4-5-9-16(15)18(20-22-2)19-21-25-12-11-23-19;1-16-14-11(12-15-18-7-6-17-12)10-5-3-2-4-9(10)8-13/h3-10H,11-13H2,1-2H3;2-5H,6-8H2,1H3/b20-18+;14-11+. The number of alkyl halides is 1. The zero-order valence-electron chi connectivity index (χ0n) is 24.2. The van der Waals surface area contributed by atoms with Gasteiger partial charge in [0.1, 0.15) is 39.8 Å². The number of para-hydroxylation sites is 1. The fourth-order valence-corrected chi connectivity index (χ4v) is 4.28. The number of hydrogen-bond donors (Lipinski definition) is 0. The van der Waals surface area contributed by atoms with Crippen molar-refractivity contribution in [2.24, 2.45) is 20.6 Å². The molecule has 226 valence electrons. The molecule has 5 rings (SSSR count). The second-order valence-electron chi connectivity index (χ2n) is 8.90. The van der Waals surface area contributed by atoms with Crippen LogP contribution in [0.25, 0.3) is 0 Å². The molecule has 3 aromatic rings. The van der Waals surface area contributed by atoms with Gasteiger partial charge in [0.25, 0.3) is 11.8 Å². The van der Waals surface area contributed by atoms with E-state index < -0.39 is 0 Å². The Balaban J connectivity index is 0.000000208. The Morgan fingerprint density at radius 3 is 1.74 bits per heavy atom. The van der Waals surface area contributed by atoms with E-state index in [1.807, 2.05) is 79.7 Å². The number of halogens is 1. The average Bonchev–Trinajstić information content (AvgIpc) is 3.07. The zero-order chi connectivity index (χ0) is 30.3. The van der Waals surface area contributed by atoms with Crippen molar-refractivity contribution < 1.29 is 33.6 Å². The van der Waals surface area contributed by atoms with Crippen LogP contribution in [0.5, 0.6) is 5.75 Å². The first-order valence-corrected chi connectivity index (χ1v) is 14.0. The molecule has 0 saturated carbocycles. The summed E-state index contributed by atoms with van der Waals surface area (Å²) >= 11 is 5.91. The maximum absolute atomic E-state index is 5.97. The van der Waals surface area contributed by atoms with Crippen molar-refractivity contribution in [1.29, 1.82) is 0 Å². The molecule has 0 amide bonds. The molecule has 2 aliphatic rings. The molecule has 43 heavy (non-hydrogen) atoms. The number of benzene rings is 3. The summed E-state index contributed by atoms with van der Waals surface area (Å²) in [4.78, 5) is 19.9. The molecule has 0 spiro atoms. The summed E-state index contributed by atoms with van der Waals surface area (Å²) in [6, 6.07) is 23.3. The Labute approximate surface area is 255 Å². The predicted octanol–water partition coefficient (Wildman–Crippen LogP) is 5.42. The molecular formula is C31H33ClN4O7. The summed E-state index contributed by atoms with van der Waals surface area (Å²) in [7, 11) is 2.95. The van der Waals surface area contributed by atoms with Gasteiger partial charge in [-0.2, -0.15) is 0 Å². The van der Waals surface area contributed by atoms with Gasteiger partial charge in [0, 0.05) is 17.0 Å². The molecule has 3 aromatic carbocycles. The Morgan fingerprint density at radius 2 is 1.23 bits per heavy atom. The van der Waals surface area contributed by atoms with Gasteiger partial charge >= 0.3 is 0 Å². The highest BCUT2D eigenvalue weighted by atomic mass is 35.5. The Hall–Kier alpha value is -4.77. The summed E-state index contributed by atoms with van der Waals surface area (Å²) in [6.07, 6.45) is 0. The number of hydrogen-bond acceptors (Lipinski definition) is 11. The largest absolute Gasteiger partial charge is 0.489 e. The van der Waals surface area contributed by atoms with Crippen LogP contribution in [0.3, 0.4) is 0 Å². The first-order valence-electron chi connectivity index (χ1n) is 13.5. The monoisotopic (exact) mass is 608 g/mol. The SMILES string of the molecule is CO/N=C(/C1=NOCCO1)c1ccccc1CCl.CO/N=C(/C1=NOCCO1)c1ccccc1COc1ccccc1C. The van der Waals surface area contributed by atoms with Gasteiger partial charge < -0.3 is 33.6 Å². The highest BCUT2D eigenvalue weighted by molar-refractivity contribution is 6.46. The molecule has 0 atom stereocenters. The van der Waals surface area contributed by atoms with Gasteiger partial charge in [-0.3, -0.25) is 0 Å². The molecule has 0 unspecified atom stereocenters. The molecule has 0 aromatic heterocycles. The van der Waals surface area contributed by atoms with Gasteiger partial charge in [-0.15, -0.1) is 11.6 Å². The van der Waals surface area contributed by atoms with Crippen LogP contribution >= 0.6 is 11.6 Å². The molecule has 0 radical (unpaired) electrons. The molecule has 0 fully saturated rings. The van der Waals surface area contributed by atoms with Crippen molar-refractivity contribution in [3.05, 3.63) is 101 Å². The van der Waals surface area contributed by atoms with Crippen molar-refractivity contribution in [1.82, 2.24) is 0 Å². The second-order valence-corrected chi connectivity index (χ2v) is 9.17. The van der Waals surface area contributed by atoms with E-state index in [4.69, 9.17) is 45.2 Å². The van der Waals surface area contributed by atoms with Gasteiger partial charge in [-0.1, -0.05) is 77.0 Å². The maximum Gasteiger partial charge on any atom is 0.280 e. The lowest BCUT2D eigenvalue weighted by Crippen LogP contribution is -2.26. The van der Waals surface area contributed by atoms with E-state index in [-0.39, 0.29) is 0 Å². The minimum absolute atomic E-state index is 0.302. The van der Waals surface area contributed by atoms with Crippen LogP contribution in [-0.2, 0) is 41.3 Å². The second kappa shape index (κ2) is 16.6. The van der Waals surface area contributed by atoms with Gasteiger partial charge in [-0.25, -0.2) is 0 Å². The van der Waals surface area contributed by atoms with E-state index in [1.165, 1.54) is 14.2 Å². The maximum atomic E-state index is 5.97. The van der Waals surface area contributed by atoms with E-state index in [9.17, 15) is 0 Å². The lowest BCUT2D eigenvalue weighted by atomic mass is 10.0. The van der Waals surface area contributed by atoms with Crippen LogP contribution in [0.2, 0.25) is 0 Å². The van der Waals surface area contributed by atoms with Crippen LogP contribution < -0.4 is 4.74 Å². The third-order valence-electron chi connectivity index (χ3n) is 6.06.